The molecule has 2 heterocycles. The van der Waals surface area contributed by atoms with Crippen molar-refractivity contribution >= 4 is 11.7 Å². The molecule has 0 saturated carbocycles. The van der Waals surface area contributed by atoms with E-state index in [1.807, 2.05) is 20.0 Å². The van der Waals surface area contributed by atoms with Crippen LogP contribution in [0.2, 0.25) is 0 Å². The van der Waals surface area contributed by atoms with Crippen molar-refractivity contribution in [1.29, 1.82) is 0 Å². The summed E-state index contributed by atoms with van der Waals surface area (Å²) in [5, 5.41) is 3.19. The first-order valence-corrected chi connectivity index (χ1v) is 6.28. The summed E-state index contributed by atoms with van der Waals surface area (Å²) in [6, 6.07) is 1.82. The first kappa shape index (κ1) is 12.8. The normalized spacial score (nSPS) is 19.2. The number of hydrogen-bond donors (Lipinski definition) is 2. The Bertz CT molecular complexity index is 447. The number of nitrogens with two attached hydrogens (primary N) is 1. The molecule has 1 aliphatic rings. The zero-order valence-electron chi connectivity index (χ0n) is 10.9. The highest BCUT2D eigenvalue weighted by molar-refractivity contribution is 5.99. The van der Waals surface area contributed by atoms with E-state index in [4.69, 9.17) is 5.73 Å². The van der Waals surface area contributed by atoms with E-state index in [2.05, 4.69) is 15.2 Å². The van der Waals surface area contributed by atoms with Gasteiger partial charge in [0.25, 0.3) is 5.91 Å². The summed E-state index contributed by atoms with van der Waals surface area (Å²) < 4.78 is 0. The smallest absolute Gasteiger partial charge is 0.252 e. The lowest BCUT2D eigenvalue weighted by Gasteiger charge is -2.20. The van der Waals surface area contributed by atoms with Gasteiger partial charge < -0.3 is 16.0 Å². The minimum absolute atomic E-state index is 0.396. The van der Waals surface area contributed by atoms with Crippen LogP contribution in [0.25, 0.3) is 0 Å². The highest BCUT2D eigenvalue weighted by Gasteiger charge is 2.26. The van der Waals surface area contributed by atoms with Crippen molar-refractivity contribution in [3.05, 3.63) is 23.4 Å². The van der Waals surface area contributed by atoms with Gasteiger partial charge in [0, 0.05) is 19.3 Å². The summed E-state index contributed by atoms with van der Waals surface area (Å²) >= 11 is 0. The molecule has 98 valence electrons. The summed E-state index contributed by atoms with van der Waals surface area (Å²) in [6.45, 7) is 4.75. The third-order valence-electron chi connectivity index (χ3n) is 3.46. The number of nitrogens with zero attached hydrogens (tertiary/aromatic N) is 2. The van der Waals surface area contributed by atoms with E-state index in [1.165, 1.54) is 0 Å². The van der Waals surface area contributed by atoms with E-state index in [-0.39, 0.29) is 0 Å². The number of aryl methyl sites for hydroxylation is 1. The number of carbonyl (C=O) groups is 1. The molecule has 1 aromatic heterocycles. The van der Waals surface area contributed by atoms with E-state index < -0.39 is 5.91 Å². The topological polar surface area (TPSA) is 71.2 Å². The van der Waals surface area contributed by atoms with E-state index in [0.717, 1.165) is 37.4 Å². The van der Waals surface area contributed by atoms with Crippen molar-refractivity contribution in [1.82, 2.24) is 10.3 Å². The van der Waals surface area contributed by atoms with Crippen LogP contribution in [0, 0.1) is 12.8 Å². The Kier molecular flexibility index (Phi) is 3.81. The fraction of sp³-hybridized carbons (Fsp3) is 0.538. The van der Waals surface area contributed by atoms with Crippen LogP contribution in [0.1, 0.15) is 22.3 Å². The van der Waals surface area contributed by atoms with Gasteiger partial charge >= 0.3 is 0 Å². The number of amides is 1. The van der Waals surface area contributed by atoms with Gasteiger partial charge in [0.1, 0.15) is 5.82 Å². The van der Waals surface area contributed by atoms with Crippen LogP contribution < -0.4 is 16.0 Å². The molecule has 1 amide bonds. The molecule has 1 atom stereocenters. The summed E-state index contributed by atoms with van der Waals surface area (Å²) in [4.78, 5) is 18.1. The van der Waals surface area contributed by atoms with E-state index >= 15 is 0 Å². The van der Waals surface area contributed by atoms with Gasteiger partial charge in [-0.05, 0) is 44.5 Å². The summed E-state index contributed by atoms with van der Waals surface area (Å²) in [7, 11) is 1.96. The molecule has 0 radical (unpaired) electrons. The molecule has 5 nitrogen and oxygen atoms in total. The van der Waals surface area contributed by atoms with Crippen LogP contribution in [0.5, 0.6) is 0 Å². The second kappa shape index (κ2) is 5.35. The molecule has 1 aliphatic heterocycles. The van der Waals surface area contributed by atoms with Gasteiger partial charge in [0.05, 0.1) is 5.56 Å². The highest BCUT2D eigenvalue weighted by atomic mass is 16.1. The van der Waals surface area contributed by atoms with E-state index in [0.29, 0.717) is 11.5 Å². The number of rotatable bonds is 4. The molecule has 1 saturated heterocycles. The summed E-state index contributed by atoms with van der Waals surface area (Å²) in [5.41, 5.74) is 6.91. The Balaban J connectivity index is 2.24. The van der Waals surface area contributed by atoms with Gasteiger partial charge in [-0.1, -0.05) is 0 Å². The summed E-state index contributed by atoms with van der Waals surface area (Å²) in [5.74, 6) is 0.951. The monoisotopic (exact) mass is 248 g/mol. The van der Waals surface area contributed by atoms with Crippen LogP contribution in [0.15, 0.2) is 12.3 Å². The van der Waals surface area contributed by atoms with E-state index in [9.17, 15) is 4.79 Å². The van der Waals surface area contributed by atoms with Crippen molar-refractivity contribution in [3.8, 4) is 0 Å². The molecule has 2 rings (SSSR count). The third kappa shape index (κ3) is 2.46. The van der Waals surface area contributed by atoms with Crippen LogP contribution in [-0.2, 0) is 0 Å². The highest BCUT2D eigenvalue weighted by Crippen LogP contribution is 2.26. The lowest BCUT2D eigenvalue weighted by molar-refractivity contribution is 0.1000. The zero-order chi connectivity index (χ0) is 13.1. The number of pyridine rings is 1. The van der Waals surface area contributed by atoms with Gasteiger partial charge in [-0.15, -0.1) is 0 Å². The lowest BCUT2D eigenvalue weighted by Crippen LogP contribution is -2.28. The minimum Gasteiger partial charge on any atom is -0.365 e. The van der Waals surface area contributed by atoms with Crippen molar-refractivity contribution in [2.24, 2.45) is 11.7 Å². The van der Waals surface area contributed by atoms with Crippen molar-refractivity contribution in [2.45, 2.75) is 13.3 Å². The van der Waals surface area contributed by atoms with Crippen LogP contribution in [0.3, 0.4) is 0 Å². The molecule has 3 N–H and O–H groups in total. The van der Waals surface area contributed by atoms with Gasteiger partial charge in [0.15, 0.2) is 0 Å². The second-order valence-corrected chi connectivity index (χ2v) is 4.85. The van der Waals surface area contributed by atoms with Gasteiger partial charge in [-0.2, -0.15) is 0 Å². The van der Waals surface area contributed by atoms with Crippen molar-refractivity contribution in [3.63, 3.8) is 0 Å². The van der Waals surface area contributed by atoms with Crippen LogP contribution in [-0.4, -0.2) is 37.6 Å². The van der Waals surface area contributed by atoms with Crippen molar-refractivity contribution in [2.75, 3.05) is 31.6 Å². The number of hydrogen-bond acceptors (Lipinski definition) is 4. The molecule has 1 unspecified atom stereocenters. The molecular weight excluding hydrogens is 228 g/mol. The standard InChI is InChI=1S/C13H20N4O/c1-9-3-5-16-13(11(9)12(14)18)17-6-4-10(8-17)7-15-2/h3,5,10,15H,4,6-8H2,1-2H3,(H2,14,18). The Hall–Kier alpha value is -1.62. The number of aromatic nitrogens is 1. The van der Waals surface area contributed by atoms with Crippen LogP contribution in [0.4, 0.5) is 5.82 Å². The first-order chi connectivity index (χ1) is 8.63. The molecule has 0 spiro atoms. The minimum atomic E-state index is -0.396. The Morgan fingerprint density at radius 3 is 3.11 bits per heavy atom. The molecule has 5 heteroatoms. The molecule has 0 aliphatic carbocycles. The Morgan fingerprint density at radius 1 is 1.67 bits per heavy atom. The van der Waals surface area contributed by atoms with E-state index in [1.54, 1.807) is 6.20 Å². The zero-order valence-corrected chi connectivity index (χ0v) is 10.9. The molecule has 1 aromatic rings. The summed E-state index contributed by atoms with van der Waals surface area (Å²) in [6.07, 6.45) is 2.86. The van der Waals surface area contributed by atoms with Crippen molar-refractivity contribution < 1.29 is 4.79 Å². The van der Waals surface area contributed by atoms with Crippen LogP contribution >= 0.6 is 0 Å². The largest absolute Gasteiger partial charge is 0.365 e. The Labute approximate surface area is 107 Å². The number of carbonyl (C=O) groups excluding carboxylic acids is 1. The molecule has 1 fully saturated rings. The molecule has 0 aromatic carbocycles. The first-order valence-electron chi connectivity index (χ1n) is 6.28. The quantitative estimate of drug-likeness (QED) is 0.815. The SMILES string of the molecule is CNCC1CCN(c2nccc(C)c2C(N)=O)C1. The third-order valence-corrected chi connectivity index (χ3v) is 3.46. The molecular formula is C13H20N4O. The fourth-order valence-electron chi connectivity index (χ4n) is 2.57. The predicted octanol–water partition coefficient (Wildman–Crippen LogP) is 0.535. The van der Waals surface area contributed by atoms with Gasteiger partial charge in [-0.25, -0.2) is 4.98 Å². The maximum Gasteiger partial charge on any atom is 0.252 e. The molecule has 18 heavy (non-hydrogen) atoms. The number of anilines is 1. The van der Waals surface area contributed by atoms with Gasteiger partial charge in [-0.3, -0.25) is 4.79 Å². The maximum absolute atomic E-state index is 11.5. The number of nitrogens with one attached hydrogen (secondary N) is 1. The Morgan fingerprint density at radius 2 is 2.44 bits per heavy atom. The fourth-order valence-corrected chi connectivity index (χ4v) is 2.57. The average molecular weight is 248 g/mol. The molecule has 0 bridgehead atoms. The lowest BCUT2D eigenvalue weighted by atomic mass is 10.1. The second-order valence-electron chi connectivity index (χ2n) is 4.85. The number of primary amides is 1. The van der Waals surface area contributed by atoms with Gasteiger partial charge in [0.2, 0.25) is 0 Å². The maximum atomic E-state index is 11.5. The average Bonchev–Trinajstić information content (AvgIpc) is 2.77. The predicted molar refractivity (Wildman–Crippen MR) is 71.7 cm³/mol.